The van der Waals surface area contributed by atoms with Gasteiger partial charge in [0.25, 0.3) is 0 Å². The van der Waals surface area contributed by atoms with Crippen molar-refractivity contribution in [1.82, 2.24) is 4.90 Å². The summed E-state index contributed by atoms with van der Waals surface area (Å²) in [6.45, 7) is 12.7. The van der Waals surface area contributed by atoms with Gasteiger partial charge in [-0.3, -0.25) is 4.79 Å². The van der Waals surface area contributed by atoms with Crippen molar-refractivity contribution in [3.63, 3.8) is 0 Å². The molecule has 1 heterocycles. The minimum atomic E-state index is -0.577. The maximum Gasteiger partial charge on any atom is 0.410 e. The van der Waals surface area contributed by atoms with Crippen molar-refractivity contribution in [1.29, 1.82) is 0 Å². The summed E-state index contributed by atoms with van der Waals surface area (Å²) < 4.78 is 10.5. The average molecular weight is 285 g/mol. The molecule has 0 aromatic carbocycles. The van der Waals surface area contributed by atoms with Crippen LogP contribution in [0.2, 0.25) is 0 Å². The summed E-state index contributed by atoms with van der Waals surface area (Å²) in [7, 11) is 0. The SMILES string of the molecule is CCOC(=O)C(C)(C)[C@H]1CCN(C(=O)OC(C)(C)C)C1. The Balaban J connectivity index is 2.63. The lowest BCUT2D eigenvalue weighted by Crippen LogP contribution is -2.39. The smallest absolute Gasteiger partial charge is 0.410 e. The van der Waals surface area contributed by atoms with Gasteiger partial charge in [0.05, 0.1) is 12.0 Å². The lowest BCUT2D eigenvalue weighted by atomic mass is 9.78. The lowest BCUT2D eigenvalue weighted by Gasteiger charge is -2.29. The lowest BCUT2D eigenvalue weighted by molar-refractivity contribution is -0.156. The molecule has 0 bridgehead atoms. The van der Waals surface area contributed by atoms with Crippen LogP contribution in [0.1, 0.15) is 48.0 Å². The summed E-state index contributed by atoms with van der Waals surface area (Å²) in [6.07, 6.45) is 0.491. The Hall–Kier alpha value is -1.26. The molecule has 5 heteroatoms. The quantitative estimate of drug-likeness (QED) is 0.748. The summed E-state index contributed by atoms with van der Waals surface area (Å²) >= 11 is 0. The Morgan fingerprint density at radius 3 is 2.30 bits per heavy atom. The number of ether oxygens (including phenoxy) is 2. The molecule has 0 aromatic rings. The van der Waals surface area contributed by atoms with Crippen molar-refractivity contribution in [2.75, 3.05) is 19.7 Å². The molecule has 0 saturated carbocycles. The van der Waals surface area contributed by atoms with Crippen molar-refractivity contribution in [3.8, 4) is 0 Å². The van der Waals surface area contributed by atoms with Gasteiger partial charge < -0.3 is 14.4 Å². The Morgan fingerprint density at radius 1 is 1.20 bits per heavy atom. The fourth-order valence-electron chi connectivity index (χ4n) is 2.33. The standard InChI is InChI=1S/C15H27NO4/c1-7-19-12(17)15(5,6)11-8-9-16(10-11)13(18)20-14(2,3)4/h11H,7-10H2,1-6H3/t11-/m0/s1. The highest BCUT2D eigenvalue weighted by molar-refractivity contribution is 5.76. The molecule has 1 amide bonds. The van der Waals surface area contributed by atoms with Gasteiger partial charge in [-0.05, 0) is 53.9 Å². The number of esters is 1. The first kappa shape index (κ1) is 16.8. The number of hydrogen-bond acceptors (Lipinski definition) is 4. The molecule has 0 aliphatic carbocycles. The predicted octanol–water partition coefficient (Wildman–Crippen LogP) is 2.83. The van der Waals surface area contributed by atoms with Gasteiger partial charge in [-0.15, -0.1) is 0 Å². The Bertz CT molecular complexity index is 371. The normalized spacial score (nSPS) is 19.9. The molecule has 0 aromatic heterocycles. The van der Waals surface area contributed by atoms with Crippen LogP contribution in [0.15, 0.2) is 0 Å². The van der Waals surface area contributed by atoms with Crippen molar-refractivity contribution in [2.45, 2.75) is 53.6 Å². The van der Waals surface area contributed by atoms with Crippen LogP contribution in [0.3, 0.4) is 0 Å². The van der Waals surface area contributed by atoms with E-state index in [1.54, 1.807) is 11.8 Å². The van der Waals surface area contributed by atoms with Crippen LogP contribution in [-0.2, 0) is 14.3 Å². The van der Waals surface area contributed by atoms with Gasteiger partial charge in [-0.2, -0.15) is 0 Å². The van der Waals surface area contributed by atoms with E-state index in [-0.39, 0.29) is 18.0 Å². The topological polar surface area (TPSA) is 55.8 Å². The van der Waals surface area contributed by atoms with Crippen LogP contribution in [0.4, 0.5) is 4.79 Å². The molecular weight excluding hydrogens is 258 g/mol. The molecule has 1 fully saturated rings. The highest BCUT2D eigenvalue weighted by atomic mass is 16.6. The maximum absolute atomic E-state index is 12.0. The molecular formula is C15H27NO4. The van der Waals surface area contributed by atoms with Crippen LogP contribution < -0.4 is 0 Å². The fourth-order valence-corrected chi connectivity index (χ4v) is 2.33. The third kappa shape index (κ3) is 4.12. The van der Waals surface area contributed by atoms with Crippen molar-refractivity contribution in [3.05, 3.63) is 0 Å². The van der Waals surface area contributed by atoms with Crippen LogP contribution in [0.25, 0.3) is 0 Å². The molecule has 0 radical (unpaired) electrons. The fraction of sp³-hybridized carbons (Fsp3) is 0.867. The number of rotatable bonds is 3. The number of hydrogen-bond donors (Lipinski definition) is 0. The second-order valence-corrected chi connectivity index (χ2v) is 6.85. The summed E-state index contributed by atoms with van der Waals surface area (Å²) in [5.41, 5.74) is -1.07. The van der Waals surface area contributed by atoms with Crippen molar-refractivity contribution < 1.29 is 19.1 Å². The minimum Gasteiger partial charge on any atom is -0.466 e. The molecule has 1 rings (SSSR count). The summed E-state index contributed by atoms with van der Waals surface area (Å²) in [5.74, 6) is -0.0925. The van der Waals surface area contributed by atoms with Gasteiger partial charge in [0.15, 0.2) is 0 Å². The third-order valence-electron chi connectivity index (χ3n) is 3.66. The van der Waals surface area contributed by atoms with Gasteiger partial charge in [0.1, 0.15) is 5.60 Å². The van der Waals surface area contributed by atoms with E-state index >= 15 is 0 Å². The predicted molar refractivity (Wildman–Crippen MR) is 76.3 cm³/mol. The second kappa shape index (κ2) is 6.02. The summed E-state index contributed by atoms with van der Waals surface area (Å²) in [6, 6.07) is 0. The van der Waals surface area contributed by atoms with Gasteiger partial charge >= 0.3 is 12.1 Å². The number of nitrogens with zero attached hydrogens (tertiary/aromatic N) is 1. The van der Waals surface area contributed by atoms with Crippen LogP contribution in [0, 0.1) is 11.3 Å². The second-order valence-electron chi connectivity index (χ2n) is 6.85. The minimum absolute atomic E-state index is 0.106. The highest BCUT2D eigenvalue weighted by Gasteiger charge is 2.43. The number of amides is 1. The maximum atomic E-state index is 12.0. The van der Waals surface area contributed by atoms with Crippen LogP contribution in [-0.4, -0.2) is 42.3 Å². The summed E-state index contributed by atoms with van der Waals surface area (Å²) in [4.78, 5) is 25.7. The monoisotopic (exact) mass is 285 g/mol. The van der Waals surface area contributed by atoms with Crippen LogP contribution in [0.5, 0.6) is 0 Å². The van der Waals surface area contributed by atoms with E-state index in [1.807, 2.05) is 34.6 Å². The van der Waals surface area contributed by atoms with Crippen molar-refractivity contribution in [2.24, 2.45) is 11.3 Å². The number of likely N-dealkylation sites (tertiary alicyclic amines) is 1. The molecule has 5 nitrogen and oxygen atoms in total. The summed E-state index contributed by atoms with van der Waals surface area (Å²) in [5, 5.41) is 0. The van der Waals surface area contributed by atoms with Gasteiger partial charge in [0, 0.05) is 13.1 Å². The van der Waals surface area contributed by atoms with Crippen LogP contribution >= 0.6 is 0 Å². The van der Waals surface area contributed by atoms with E-state index in [1.165, 1.54) is 0 Å². The molecule has 0 spiro atoms. The van der Waals surface area contributed by atoms with Gasteiger partial charge in [0.2, 0.25) is 0 Å². The Morgan fingerprint density at radius 2 is 1.80 bits per heavy atom. The molecule has 1 aliphatic rings. The zero-order valence-corrected chi connectivity index (χ0v) is 13.5. The first-order chi connectivity index (χ1) is 9.08. The first-order valence-corrected chi connectivity index (χ1v) is 7.23. The van der Waals surface area contributed by atoms with E-state index in [0.717, 1.165) is 6.42 Å². The van der Waals surface area contributed by atoms with E-state index in [0.29, 0.717) is 19.7 Å². The molecule has 20 heavy (non-hydrogen) atoms. The molecule has 1 saturated heterocycles. The van der Waals surface area contributed by atoms with E-state index < -0.39 is 11.0 Å². The molecule has 0 unspecified atom stereocenters. The largest absolute Gasteiger partial charge is 0.466 e. The van der Waals surface area contributed by atoms with Crippen molar-refractivity contribution >= 4 is 12.1 Å². The molecule has 116 valence electrons. The zero-order chi connectivity index (χ0) is 15.6. The Kier molecular flexibility index (Phi) is 5.05. The highest BCUT2D eigenvalue weighted by Crippen LogP contribution is 2.35. The number of carbonyl (C=O) groups is 2. The van der Waals surface area contributed by atoms with E-state index in [2.05, 4.69) is 0 Å². The zero-order valence-electron chi connectivity index (χ0n) is 13.5. The van der Waals surface area contributed by atoms with Gasteiger partial charge in [-0.1, -0.05) is 0 Å². The molecule has 1 atom stereocenters. The average Bonchev–Trinajstić information content (AvgIpc) is 2.76. The van der Waals surface area contributed by atoms with Gasteiger partial charge in [-0.25, -0.2) is 4.79 Å². The Labute approximate surface area is 121 Å². The molecule has 1 aliphatic heterocycles. The van der Waals surface area contributed by atoms with E-state index in [4.69, 9.17) is 9.47 Å². The molecule has 0 N–H and O–H groups in total. The first-order valence-electron chi connectivity index (χ1n) is 7.23. The van der Waals surface area contributed by atoms with E-state index in [9.17, 15) is 9.59 Å². The number of carbonyl (C=O) groups excluding carboxylic acids is 2. The third-order valence-corrected chi connectivity index (χ3v) is 3.66.